The van der Waals surface area contributed by atoms with E-state index >= 15 is 0 Å². The number of nitrogens with zero attached hydrogens (tertiary/aromatic N) is 1. The van der Waals surface area contributed by atoms with Crippen LogP contribution >= 0.6 is 0 Å². The van der Waals surface area contributed by atoms with Crippen molar-refractivity contribution >= 4 is 5.97 Å². The second kappa shape index (κ2) is 6.10. The van der Waals surface area contributed by atoms with E-state index in [0.717, 1.165) is 11.3 Å². The van der Waals surface area contributed by atoms with Gasteiger partial charge in [-0.1, -0.05) is 24.3 Å². The van der Waals surface area contributed by atoms with Gasteiger partial charge in [0, 0.05) is 5.56 Å². The van der Waals surface area contributed by atoms with Crippen molar-refractivity contribution in [3.8, 4) is 22.8 Å². The highest BCUT2D eigenvalue weighted by Crippen LogP contribution is 2.24. The fraction of sp³-hybridized carbons (Fsp3) is 0. The highest BCUT2D eigenvalue weighted by molar-refractivity contribution is 5.86. The van der Waals surface area contributed by atoms with Crippen LogP contribution in [-0.2, 0) is 0 Å². The van der Waals surface area contributed by atoms with Crippen LogP contribution < -0.4 is 4.74 Å². The Hall–Kier alpha value is -3.14. The molecule has 1 aromatic heterocycles. The third-order valence-corrected chi connectivity index (χ3v) is 3.10. The van der Waals surface area contributed by atoms with Crippen molar-refractivity contribution in [3.05, 3.63) is 78.5 Å². The normalized spacial score (nSPS) is 10.2. The molecule has 0 atom stereocenters. The molecule has 0 radical (unpaired) electrons. The molecule has 2 aromatic carbocycles. The predicted molar refractivity (Wildman–Crippen MR) is 83.1 cm³/mol. The Morgan fingerprint density at radius 2 is 1.50 bits per heavy atom. The van der Waals surface area contributed by atoms with Gasteiger partial charge in [-0.2, -0.15) is 0 Å². The first kappa shape index (κ1) is 13.8. The number of pyridine rings is 1. The Kier molecular flexibility index (Phi) is 3.83. The number of aromatic carboxylic acids is 1. The average Bonchev–Trinajstić information content (AvgIpc) is 2.56. The van der Waals surface area contributed by atoms with Crippen molar-refractivity contribution < 1.29 is 14.6 Å². The lowest BCUT2D eigenvalue weighted by Crippen LogP contribution is -2.00. The molecule has 0 amide bonds. The molecule has 0 spiro atoms. The van der Waals surface area contributed by atoms with E-state index in [1.54, 1.807) is 12.1 Å². The lowest BCUT2D eigenvalue weighted by atomic mass is 10.1. The van der Waals surface area contributed by atoms with Crippen molar-refractivity contribution in [2.24, 2.45) is 0 Å². The molecular formula is C18H13NO3. The lowest BCUT2D eigenvalue weighted by Gasteiger charge is -2.07. The Morgan fingerprint density at radius 3 is 2.18 bits per heavy atom. The standard InChI is InChI=1S/C18H13NO3/c20-18(21)17-8-4-7-16(19-17)13-9-11-15(12-10-13)22-14-5-2-1-3-6-14/h1-12H,(H,20,21). The molecule has 0 aliphatic rings. The number of ether oxygens (including phenoxy) is 1. The van der Waals surface area contributed by atoms with Crippen LogP contribution in [0.3, 0.4) is 0 Å². The summed E-state index contributed by atoms with van der Waals surface area (Å²) >= 11 is 0. The van der Waals surface area contributed by atoms with Crippen molar-refractivity contribution in [2.75, 3.05) is 0 Å². The van der Waals surface area contributed by atoms with Gasteiger partial charge in [-0.3, -0.25) is 0 Å². The molecule has 0 saturated heterocycles. The highest BCUT2D eigenvalue weighted by atomic mass is 16.5. The second-order valence-electron chi connectivity index (χ2n) is 4.65. The third kappa shape index (κ3) is 3.12. The van der Waals surface area contributed by atoms with Crippen LogP contribution in [0.5, 0.6) is 11.5 Å². The molecule has 0 unspecified atom stereocenters. The Bertz CT molecular complexity index is 783. The smallest absolute Gasteiger partial charge is 0.354 e. The molecule has 22 heavy (non-hydrogen) atoms. The largest absolute Gasteiger partial charge is 0.477 e. The number of hydrogen-bond donors (Lipinski definition) is 1. The zero-order valence-corrected chi connectivity index (χ0v) is 11.6. The second-order valence-corrected chi connectivity index (χ2v) is 4.65. The van der Waals surface area contributed by atoms with E-state index in [1.165, 1.54) is 6.07 Å². The molecule has 1 heterocycles. The molecule has 0 aliphatic carbocycles. The SMILES string of the molecule is O=C(O)c1cccc(-c2ccc(Oc3ccccc3)cc2)n1. The fourth-order valence-corrected chi connectivity index (χ4v) is 2.03. The van der Waals surface area contributed by atoms with E-state index in [1.807, 2.05) is 54.6 Å². The van der Waals surface area contributed by atoms with Crippen molar-refractivity contribution in [2.45, 2.75) is 0 Å². The van der Waals surface area contributed by atoms with E-state index in [2.05, 4.69) is 4.98 Å². The molecule has 0 bridgehead atoms. The molecule has 0 aliphatic heterocycles. The minimum Gasteiger partial charge on any atom is -0.477 e. The van der Waals surface area contributed by atoms with Gasteiger partial charge in [0.05, 0.1) is 5.69 Å². The number of carboxylic acid groups (broad SMARTS) is 1. The van der Waals surface area contributed by atoms with E-state index in [-0.39, 0.29) is 5.69 Å². The van der Waals surface area contributed by atoms with Gasteiger partial charge in [0.15, 0.2) is 0 Å². The van der Waals surface area contributed by atoms with E-state index in [0.29, 0.717) is 11.4 Å². The first-order valence-corrected chi connectivity index (χ1v) is 6.76. The van der Waals surface area contributed by atoms with Gasteiger partial charge in [0.25, 0.3) is 0 Å². The van der Waals surface area contributed by atoms with Gasteiger partial charge >= 0.3 is 5.97 Å². The molecule has 4 nitrogen and oxygen atoms in total. The quantitative estimate of drug-likeness (QED) is 0.781. The molecule has 3 aromatic rings. The molecule has 108 valence electrons. The topological polar surface area (TPSA) is 59.4 Å². The predicted octanol–water partition coefficient (Wildman–Crippen LogP) is 4.24. The van der Waals surface area contributed by atoms with Gasteiger partial charge in [-0.15, -0.1) is 0 Å². The summed E-state index contributed by atoms with van der Waals surface area (Å²) in [6.07, 6.45) is 0. The van der Waals surface area contributed by atoms with Crippen LogP contribution in [0.25, 0.3) is 11.3 Å². The van der Waals surface area contributed by atoms with E-state index < -0.39 is 5.97 Å². The highest BCUT2D eigenvalue weighted by Gasteiger charge is 2.07. The Balaban J connectivity index is 1.82. The maximum Gasteiger partial charge on any atom is 0.354 e. The summed E-state index contributed by atoms with van der Waals surface area (Å²) in [5.41, 5.74) is 1.48. The van der Waals surface area contributed by atoms with Gasteiger partial charge < -0.3 is 9.84 Å². The van der Waals surface area contributed by atoms with Gasteiger partial charge in [0.2, 0.25) is 0 Å². The third-order valence-electron chi connectivity index (χ3n) is 3.10. The maximum atomic E-state index is 11.0. The van der Waals surface area contributed by atoms with E-state index in [4.69, 9.17) is 9.84 Å². The summed E-state index contributed by atoms with van der Waals surface area (Å²) in [4.78, 5) is 15.1. The molecule has 4 heteroatoms. The average molecular weight is 291 g/mol. The van der Waals surface area contributed by atoms with Crippen LogP contribution in [0.2, 0.25) is 0 Å². The molecular weight excluding hydrogens is 278 g/mol. The molecule has 1 N–H and O–H groups in total. The number of rotatable bonds is 4. The zero-order valence-electron chi connectivity index (χ0n) is 11.6. The number of para-hydroxylation sites is 1. The van der Waals surface area contributed by atoms with Crippen molar-refractivity contribution in [3.63, 3.8) is 0 Å². The monoisotopic (exact) mass is 291 g/mol. The first-order valence-electron chi connectivity index (χ1n) is 6.76. The number of carboxylic acids is 1. The van der Waals surface area contributed by atoms with Crippen LogP contribution in [0.4, 0.5) is 0 Å². The summed E-state index contributed by atoms with van der Waals surface area (Å²) in [6.45, 7) is 0. The van der Waals surface area contributed by atoms with Crippen LogP contribution in [0.15, 0.2) is 72.8 Å². The van der Waals surface area contributed by atoms with Gasteiger partial charge in [-0.05, 0) is 48.5 Å². The number of benzene rings is 2. The summed E-state index contributed by atoms with van der Waals surface area (Å²) in [5, 5.41) is 8.98. The van der Waals surface area contributed by atoms with Crippen LogP contribution in [-0.4, -0.2) is 16.1 Å². The van der Waals surface area contributed by atoms with Crippen LogP contribution in [0, 0.1) is 0 Å². The van der Waals surface area contributed by atoms with E-state index in [9.17, 15) is 4.79 Å². The van der Waals surface area contributed by atoms with Crippen molar-refractivity contribution in [1.29, 1.82) is 0 Å². The lowest BCUT2D eigenvalue weighted by molar-refractivity contribution is 0.0690. The zero-order chi connectivity index (χ0) is 15.4. The fourth-order valence-electron chi connectivity index (χ4n) is 2.03. The van der Waals surface area contributed by atoms with Gasteiger partial charge in [0.1, 0.15) is 17.2 Å². The minimum atomic E-state index is -1.04. The maximum absolute atomic E-state index is 11.0. The first-order chi connectivity index (χ1) is 10.7. The summed E-state index contributed by atoms with van der Waals surface area (Å²) in [7, 11) is 0. The Morgan fingerprint density at radius 1 is 0.818 bits per heavy atom. The number of aromatic nitrogens is 1. The summed E-state index contributed by atoms with van der Waals surface area (Å²) in [6, 6.07) is 21.8. The van der Waals surface area contributed by atoms with Crippen LogP contribution in [0.1, 0.15) is 10.5 Å². The molecule has 0 fully saturated rings. The summed E-state index contributed by atoms with van der Waals surface area (Å²) < 4.78 is 5.72. The molecule has 0 saturated carbocycles. The number of carbonyl (C=O) groups is 1. The summed E-state index contributed by atoms with van der Waals surface area (Å²) in [5.74, 6) is 0.441. The molecule has 3 rings (SSSR count). The van der Waals surface area contributed by atoms with Gasteiger partial charge in [-0.25, -0.2) is 9.78 Å². The number of hydrogen-bond acceptors (Lipinski definition) is 3. The Labute approximate surface area is 127 Å². The minimum absolute atomic E-state index is 0.0297. The van der Waals surface area contributed by atoms with Crippen molar-refractivity contribution in [1.82, 2.24) is 4.98 Å².